The van der Waals surface area contributed by atoms with E-state index in [2.05, 4.69) is 6.92 Å². The summed E-state index contributed by atoms with van der Waals surface area (Å²) in [5.74, 6) is -0.251. The van der Waals surface area contributed by atoms with Gasteiger partial charge in [-0.2, -0.15) is 0 Å². The van der Waals surface area contributed by atoms with E-state index in [1.807, 2.05) is 0 Å². The lowest BCUT2D eigenvalue weighted by atomic mass is 10.0. The van der Waals surface area contributed by atoms with Gasteiger partial charge >= 0.3 is 0 Å². The van der Waals surface area contributed by atoms with Crippen LogP contribution in [0.4, 0.5) is 4.39 Å². The van der Waals surface area contributed by atoms with Crippen LogP contribution in [0.25, 0.3) is 0 Å². The first-order chi connectivity index (χ1) is 7.74. The minimum Gasteiger partial charge on any atom is -0.388 e. The number of unbranched alkanes of at least 4 members (excludes halogenated alkanes) is 4. The second kappa shape index (κ2) is 7.39. The molecule has 0 fully saturated rings. The molecule has 0 aliphatic rings. The highest BCUT2D eigenvalue weighted by Gasteiger charge is 2.06. The third-order valence-corrected chi connectivity index (χ3v) is 2.84. The Labute approximate surface area is 97.3 Å². The zero-order chi connectivity index (χ0) is 11.8. The normalized spacial score (nSPS) is 12.7. The zero-order valence-corrected chi connectivity index (χ0v) is 9.95. The smallest absolute Gasteiger partial charge is 0.123 e. The van der Waals surface area contributed by atoms with Crippen molar-refractivity contribution in [2.45, 2.75) is 51.6 Å². The number of benzene rings is 1. The Morgan fingerprint density at radius 3 is 2.31 bits per heavy atom. The number of halogens is 1. The monoisotopic (exact) mass is 224 g/mol. The van der Waals surface area contributed by atoms with Gasteiger partial charge in [-0.3, -0.25) is 0 Å². The van der Waals surface area contributed by atoms with E-state index in [1.54, 1.807) is 12.1 Å². The molecule has 0 aromatic heterocycles. The number of aliphatic hydroxyl groups excluding tert-OH is 1. The average molecular weight is 224 g/mol. The Kier molecular flexibility index (Phi) is 6.09. The molecule has 0 heterocycles. The molecule has 0 aliphatic heterocycles. The summed E-state index contributed by atoms with van der Waals surface area (Å²) in [6.45, 7) is 2.19. The van der Waals surface area contributed by atoms with E-state index in [-0.39, 0.29) is 5.82 Å². The molecule has 1 rings (SSSR count). The SMILES string of the molecule is CCCCCCCC(O)c1ccc(F)cc1. The van der Waals surface area contributed by atoms with Crippen molar-refractivity contribution in [3.63, 3.8) is 0 Å². The molecule has 1 unspecified atom stereocenters. The first-order valence-corrected chi connectivity index (χ1v) is 6.17. The number of hydrogen-bond acceptors (Lipinski definition) is 1. The molecule has 0 aliphatic carbocycles. The van der Waals surface area contributed by atoms with E-state index in [1.165, 1.54) is 37.8 Å². The van der Waals surface area contributed by atoms with Gasteiger partial charge in [0.1, 0.15) is 5.82 Å². The largest absolute Gasteiger partial charge is 0.388 e. The summed E-state index contributed by atoms with van der Waals surface area (Å²) in [7, 11) is 0. The maximum absolute atomic E-state index is 12.7. The highest BCUT2D eigenvalue weighted by atomic mass is 19.1. The molecule has 1 nitrogen and oxygen atoms in total. The van der Waals surface area contributed by atoms with Crippen molar-refractivity contribution in [2.75, 3.05) is 0 Å². The fourth-order valence-corrected chi connectivity index (χ4v) is 1.79. The van der Waals surface area contributed by atoms with Crippen molar-refractivity contribution in [1.82, 2.24) is 0 Å². The van der Waals surface area contributed by atoms with Gasteiger partial charge in [0.05, 0.1) is 6.10 Å². The summed E-state index contributed by atoms with van der Waals surface area (Å²) < 4.78 is 12.7. The Morgan fingerprint density at radius 1 is 1.06 bits per heavy atom. The molecule has 1 aromatic carbocycles. The zero-order valence-electron chi connectivity index (χ0n) is 9.95. The fourth-order valence-electron chi connectivity index (χ4n) is 1.79. The molecule has 16 heavy (non-hydrogen) atoms. The van der Waals surface area contributed by atoms with Gasteiger partial charge in [0, 0.05) is 0 Å². The van der Waals surface area contributed by atoms with Crippen molar-refractivity contribution in [3.05, 3.63) is 35.6 Å². The molecule has 0 radical (unpaired) electrons. The summed E-state index contributed by atoms with van der Waals surface area (Å²) in [5, 5.41) is 9.85. The van der Waals surface area contributed by atoms with Crippen LogP contribution in [0.5, 0.6) is 0 Å². The van der Waals surface area contributed by atoms with Crippen LogP contribution in [0.15, 0.2) is 24.3 Å². The van der Waals surface area contributed by atoms with E-state index in [0.717, 1.165) is 18.4 Å². The standard InChI is InChI=1S/C14H21FO/c1-2-3-4-5-6-7-14(16)12-8-10-13(15)11-9-12/h8-11,14,16H,2-7H2,1H3. The van der Waals surface area contributed by atoms with E-state index >= 15 is 0 Å². The molecule has 90 valence electrons. The van der Waals surface area contributed by atoms with Gasteiger partial charge in [-0.05, 0) is 24.1 Å². The van der Waals surface area contributed by atoms with Gasteiger partial charge < -0.3 is 5.11 Å². The van der Waals surface area contributed by atoms with Gasteiger partial charge in [-0.25, -0.2) is 4.39 Å². The summed E-state index contributed by atoms with van der Waals surface area (Å²) in [4.78, 5) is 0. The lowest BCUT2D eigenvalue weighted by Gasteiger charge is -2.10. The predicted molar refractivity (Wildman–Crippen MR) is 64.7 cm³/mol. The number of aliphatic hydroxyl groups is 1. The van der Waals surface area contributed by atoms with Crippen molar-refractivity contribution >= 4 is 0 Å². The number of rotatable bonds is 7. The van der Waals surface area contributed by atoms with Crippen molar-refractivity contribution < 1.29 is 9.50 Å². The molecule has 1 aromatic rings. The van der Waals surface area contributed by atoms with Crippen LogP contribution in [0.3, 0.4) is 0 Å². The second-order valence-electron chi connectivity index (χ2n) is 4.27. The summed E-state index contributed by atoms with van der Waals surface area (Å²) in [6, 6.07) is 6.11. The van der Waals surface area contributed by atoms with E-state index in [9.17, 15) is 9.50 Å². The van der Waals surface area contributed by atoms with Crippen LogP contribution < -0.4 is 0 Å². The molecular formula is C14H21FO. The minimum absolute atomic E-state index is 0.251. The van der Waals surface area contributed by atoms with Crippen molar-refractivity contribution in [1.29, 1.82) is 0 Å². The minimum atomic E-state index is -0.442. The second-order valence-corrected chi connectivity index (χ2v) is 4.27. The quantitative estimate of drug-likeness (QED) is 0.687. The van der Waals surface area contributed by atoms with Crippen LogP contribution >= 0.6 is 0 Å². The predicted octanol–water partition coefficient (Wildman–Crippen LogP) is 4.22. The Hall–Kier alpha value is -0.890. The topological polar surface area (TPSA) is 20.2 Å². The Bertz CT molecular complexity index is 281. The van der Waals surface area contributed by atoms with Crippen molar-refractivity contribution in [2.24, 2.45) is 0 Å². The molecular weight excluding hydrogens is 203 g/mol. The highest BCUT2D eigenvalue weighted by molar-refractivity contribution is 5.18. The van der Waals surface area contributed by atoms with Crippen LogP contribution in [-0.4, -0.2) is 5.11 Å². The molecule has 0 saturated carbocycles. The lowest BCUT2D eigenvalue weighted by Crippen LogP contribution is -1.97. The van der Waals surface area contributed by atoms with Crippen LogP contribution in [0.2, 0.25) is 0 Å². The first kappa shape index (κ1) is 13.2. The third-order valence-electron chi connectivity index (χ3n) is 2.84. The van der Waals surface area contributed by atoms with Gasteiger partial charge in [0.2, 0.25) is 0 Å². The van der Waals surface area contributed by atoms with Gasteiger partial charge in [-0.1, -0.05) is 51.2 Å². The summed E-state index contributed by atoms with van der Waals surface area (Å²) >= 11 is 0. The van der Waals surface area contributed by atoms with Crippen LogP contribution in [0, 0.1) is 5.82 Å². The molecule has 0 spiro atoms. The lowest BCUT2D eigenvalue weighted by molar-refractivity contribution is 0.163. The van der Waals surface area contributed by atoms with E-state index < -0.39 is 6.10 Å². The molecule has 2 heteroatoms. The molecule has 0 amide bonds. The van der Waals surface area contributed by atoms with Crippen LogP contribution in [0.1, 0.15) is 57.1 Å². The maximum atomic E-state index is 12.7. The molecule has 0 saturated heterocycles. The fraction of sp³-hybridized carbons (Fsp3) is 0.571. The van der Waals surface area contributed by atoms with E-state index in [0.29, 0.717) is 0 Å². The first-order valence-electron chi connectivity index (χ1n) is 6.17. The molecule has 0 bridgehead atoms. The molecule has 1 N–H and O–H groups in total. The Morgan fingerprint density at radius 2 is 1.69 bits per heavy atom. The third kappa shape index (κ3) is 4.75. The highest BCUT2D eigenvalue weighted by Crippen LogP contribution is 2.20. The molecule has 1 atom stereocenters. The Balaban J connectivity index is 2.24. The van der Waals surface area contributed by atoms with E-state index in [4.69, 9.17) is 0 Å². The van der Waals surface area contributed by atoms with Gasteiger partial charge in [0.15, 0.2) is 0 Å². The van der Waals surface area contributed by atoms with Gasteiger partial charge in [0.25, 0.3) is 0 Å². The van der Waals surface area contributed by atoms with Crippen LogP contribution in [-0.2, 0) is 0 Å². The average Bonchev–Trinajstić information content (AvgIpc) is 2.29. The van der Waals surface area contributed by atoms with Gasteiger partial charge in [-0.15, -0.1) is 0 Å². The summed E-state index contributed by atoms with van der Waals surface area (Å²) in [6.07, 6.45) is 6.29. The summed E-state index contributed by atoms with van der Waals surface area (Å²) in [5.41, 5.74) is 0.817. The van der Waals surface area contributed by atoms with Crippen molar-refractivity contribution in [3.8, 4) is 0 Å². The number of hydrogen-bond donors (Lipinski definition) is 1. The maximum Gasteiger partial charge on any atom is 0.123 e.